The first-order valence-corrected chi connectivity index (χ1v) is 14.7. The third-order valence-corrected chi connectivity index (χ3v) is 8.79. The van der Waals surface area contributed by atoms with E-state index in [4.69, 9.17) is 9.15 Å². The van der Waals surface area contributed by atoms with Gasteiger partial charge in [0.1, 0.15) is 0 Å². The number of aromatic nitrogens is 1. The first-order valence-electron chi connectivity index (χ1n) is 11.7. The van der Waals surface area contributed by atoms with Crippen LogP contribution in [0, 0.1) is 0 Å². The molecule has 0 aliphatic carbocycles. The van der Waals surface area contributed by atoms with Crippen molar-refractivity contribution in [1.29, 1.82) is 0 Å². The summed E-state index contributed by atoms with van der Waals surface area (Å²) in [7, 11) is -8.38. The van der Waals surface area contributed by atoms with Crippen molar-refractivity contribution in [3.8, 4) is 5.75 Å². The van der Waals surface area contributed by atoms with Crippen LogP contribution < -0.4 is 14.6 Å². The second-order valence-corrected chi connectivity index (χ2v) is 12.6. The van der Waals surface area contributed by atoms with Crippen molar-refractivity contribution < 1.29 is 39.7 Å². The molecule has 0 amide bonds. The lowest BCUT2D eigenvalue weighted by Gasteiger charge is -2.08. The van der Waals surface area contributed by atoms with Gasteiger partial charge in [0.15, 0.2) is 18.2 Å². The van der Waals surface area contributed by atoms with Gasteiger partial charge in [-0.15, -0.1) is 0 Å². The number of nitrogens with one attached hydrogen (secondary N) is 1. The highest BCUT2D eigenvalue weighted by Crippen LogP contribution is 2.32. The number of aryl methyl sites for hydroxylation is 2. The summed E-state index contributed by atoms with van der Waals surface area (Å²) >= 11 is 0. The maximum Gasteiger partial charge on any atom is 0.374 e. The Morgan fingerprint density at radius 3 is 2.38 bits per heavy atom. The number of oxazole rings is 1. The number of rotatable bonds is 10. The molecule has 2 aromatic carbocycles. The van der Waals surface area contributed by atoms with Crippen LogP contribution in [0.1, 0.15) is 38.1 Å². The summed E-state index contributed by atoms with van der Waals surface area (Å²) in [6.07, 6.45) is 5.82. The van der Waals surface area contributed by atoms with Gasteiger partial charge in [-0.05, 0) is 57.0 Å². The minimum absolute atomic E-state index is 0.121. The van der Waals surface area contributed by atoms with E-state index in [0.717, 1.165) is 11.3 Å². The van der Waals surface area contributed by atoms with Gasteiger partial charge in [-0.25, -0.2) is 0 Å². The molecule has 1 aliphatic heterocycles. The van der Waals surface area contributed by atoms with Crippen LogP contribution in [0.15, 0.2) is 64.9 Å². The van der Waals surface area contributed by atoms with Gasteiger partial charge in [0, 0.05) is 12.0 Å². The SMILES string of the molecule is CC(CCc1cccc2oc(C=CC=C3Nc4ccccc4O3)[n+](CCC(C)S(=O)(=O)O)c12)S(=O)(=O)O. The Hall–Kier alpha value is -3.19. The van der Waals surface area contributed by atoms with Crippen LogP contribution in [-0.4, -0.2) is 36.4 Å². The van der Waals surface area contributed by atoms with Crippen LogP contribution in [0.25, 0.3) is 17.2 Å². The molecule has 2 heterocycles. The number of para-hydroxylation sites is 3. The van der Waals surface area contributed by atoms with E-state index in [1.54, 1.807) is 34.9 Å². The van der Waals surface area contributed by atoms with Gasteiger partial charge in [-0.2, -0.15) is 21.4 Å². The monoisotopic (exact) mass is 549 g/mol. The Morgan fingerprint density at radius 2 is 1.68 bits per heavy atom. The van der Waals surface area contributed by atoms with Crippen molar-refractivity contribution in [3.63, 3.8) is 0 Å². The average Bonchev–Trinajstić information content (AvgIpc) is 3.40. The first-order chi connectivity index (χ1) is 17.4. The smallest absolute Gasteiger partial charge is 0.374 e. The summed E-state index contributed by atoms with van der Waals surface area (Å²) in [6, 6.07) is 12.9. The lowest BCUT2D eigenvalue weighted by atomic mass is 10.1. The first kappa shape index (κ1) is 26.9. The predicted molar refractivity (Wildman–Crippen MR) is 139 cm³/mol. The summed E-state index contributed by atoms with van der Waals surface area (Å²) in [5.74, 6) is 1.67. The molecule has 12 heteroatoms. The van der Waals surface area contributed by atoms with E-state index < -0.39 is 30.7 Å². The third-order valence-electron chi connectivity index (χ3n) is 6.28. The predicted octanol–water partition coefficient (Wildman–Crippen LogP) is 3.95. The van der Waals surface area contributed by atoms with Crippen LogP contribution in [-0.2, 0) is 33.2 Å². The molecule has 10 nitrogen and oxygen atoms in total. The number of hydrogen-bond donors (Lipinski definition) is 3. The molecule has 0 fully saturated rings. The quantitative estimate of drug-likeness (QED) is 0.253. The highest BCUT2D eigenvalue weighted by Gasteiger charge is 2.27. The summed E-state index contributed by atoms with van der Waals surface area (Å²) < 4.78 is 78.5. The van der Waals surface area contributed by atoms with Crippen LogP contribution in [0.5, 0.6) is 5.75 Å². The van der Waals surface area contributed by atoms with Crippen LogP contribution in [0.3, 0.4) is 0 Å². The summed E-state index contributed by atoms with van der Waals surface area (Å²) in [4.78, 5) is 0. The fourth-order valence-corrected chi connectivity index (χ4v) is 4.80. The van der Waals surface area contributed by atoms with E-state index in [2.05, 4.69) is 5.32 Å². The molecule has 2 atom stereocenters. The maximum atomic E-state index is 11.6. The molecule has 0 saturated heterocycles. The standard InChI is InChI=1S/C25H28N2O8S2/c1-17(36(28,29)30)13-14-19-7-5-10-22-25(19)27(16-15-18(2)37(31,32)33)24(35-22)12-6-11-23-26-20-8-3-4-9-21(20)34-23/h3-12,17-18H,13-16H2,1-2H3,(H2,28,29,30,31,32,33)/p+1. The lowest BCUT2D eigenvalue weighted by Crippen LogP contribution is -2.38. The highest BCUT2D eigenvalue weighted by molar-refractivity contribution is 7.86. The molecule has 3 aromatic rings. The molecular weight excluding hydrogens is 520 g/mol. The minimum Gasteiger partial charge on any atom is -0.439 e. The third kappa shape index (κ3) is 6.39. The van der Waals surface area contributed by atoms with Crippen LogP contribution >= 0.6 is 0 Å². The van der Waals surface area contributed by atoms with Gasteiger partial charge in [-0.3, -0.25) is 9.11 Å². The summed E-state index contributed by atoms with van der Waals surface area (Å²) in [5.41, 5.74) is 2.85. The maximum absolute atomic E-state index is 11.6. The summed E-state index contributed by atoms with van der Waals surface area (Å²) in [6.45, 7) is 3.08. The van der Waals surface area contributed by atoms with Gasteiger partial charge < -0.3 is 14.5 Å². The second-order valence-electron chi connectivity index (χ2n) is 8.95. The van der Waals surface area contributed by atoms with E-state index >= 15 is 0 Å². The Bertz CT molecular complexity index is 1550. The number of benzene rings is 2. The van der Waals surface area contributed by atoms with Crippen molar-refractivity contribution in [3.05, 3.63) is 72.0 Å². The molecular formula is C25H29N2O8S2+. The zero-order valence-corrected chi connectivity index (χ0v) is 22.0. The van der Waals surface area contributed by atoms with E-state index in [0.29, 0.717) is 35.0 Å². The molecule has 1 aliphatic rings. The van der Waals surface area contributed by atoms with Crippen molar-refractivity contribution in [2.24, 2.45) is 0 Å². The van der Waals surface area contributed by atoms with Gasteiger partial charge in [-0.1, -0.05) is 24.3 Å². The number of allylic oxidation sites excluding steroid dienone is 2. The molecule has 37 heavy (non-hydrogen) atoms. The number of fused-ring (bicyclic) bond motifs is 2. The fraction of sp³-hybridized carbons (Fsp3) is 0.320. The zero-order chi connectivity index (χ0) is 26.8. The largest absolute Gasteiger partial charge is 0.439 e. The number of nitrogens with zero attached hydrogens (tertiary/aromatic N) is 1. The van der Waals surface area contributed by atoms with Gasteiger partial charge in [0.2, 0.25) is 5.58 Å². The lowest BCUT2D eigenvalue weighted by molar-refractivity contribution is -0.678. The van der Waals surface area contributed by atoms with E-state index in [9.17, 15) is 25.9 Å². The number of ether oxygens (including phenoxy) is 1. The Labute approximate surface area is 215 Å². The van der Waals surface area contributed by atoms with Crippen molar-refractivity contribution >= 4 is 43.1 Å². The van der Waals surface area contributed by atoms with Crippen LogP contribution in [0.4, 0.5) is 5.69 Å². The van der Waals surface area contributed by atoms with E-state index in [-0.39, 0.29) is 19.4 Å². The molecule has 0 radical (unpaired) electrons. The summed E-state index contributed by atoms with van der Waals surface area (Å²) in [5, 5.41) is 1.21. The average molecular weight is 550 g/mol. The van der Waals surface area contributed by atoms with Gasteiger partial charge in [0.25, 0.3) is 25.8 Å². The van der Waals surface area contributed by atoms with Crippen LogP contribution in [0.2, 0.25) is 0 Å². The topological polar surface area (TPSA) is 147 Å². The molecule has 198 valence electrons. The van der Waals surface area contributed by atoms with Gasteiger partial charge >= 0.3 is 5.89 Å². The normalized spacial score (nSPS) is 16.6. The molecule has 3 N–H and O–H groups in total. The Kier molecular flexibility index (Phi) is 7.74. The highest BCUT2D eigenvalue weighted by atomic mass is 32.2. The Balaban J connectivity index is 1.66. The number of hydrogen-bond acceptors (Lipinski definition) is 7. The van der Waals surface area contributed by atoms with E-state index in [1.165, 1.54) is 13.8 Å². The van der Waals surface area contributed by atoms with Crippen molar-refractivity contribution in [2.75, 3.05) is 5.32 Å². The second kappa shape index (κ2) is 10.7. The van der Waals surface area contributed by atoms with E-state index in [1.807, 2.05) is 30.3 Å². The molecule has 1 aromatic heterocycles. The number of anilines is 1. The Morgan fingerprint density at radius 1 is 0.973 bits per heavy atom. The molecule has 4 rings (SSSR count). The molecule has 0 saturated carbocycles. The molecule has 0 spiro atoms. The van der Waals surface area contributed by atoms with Crippen molar-refractivity contribution in [1.82, 2.24) is 0 Å². The zero-order valence-electron chi connectivity index (χ0n) is 20.4. The minimum atomic E-state index is -4.22. The molecule has 2 unspecified atom stereocenters. The molecule has 0 bridgehead atoms. The van der Waals surface area contributed by atoms with Crippen molar-refractivity contribution in [2.45, 2.75) is 50.2 Å². The van der Waals surface area contributed by atoms with Gasteiger partial charge in [0.05, 0.1) is 22.3 Å². The fourth-order valence-electron chi connectivity index (χ4n) is 3.98.